The van der Waals surface area contributed by atoms with E-state index in [1.807, 2.05) is 0 Å². The quantitative estimate of drug-likeness (QED) is 0.489. The molecule has 0 heterocycles. The Labute approximate surface area is 141 Å². The zero-order valence-corrected chi connectivity index (χ0v) is 13.9. The zero-order chi connectivity index (χ0) is 17.0. The second-order valence-electron chi connectivity index (χ2n) is 4.85. The van der Waals surface area contributed by atoms with Gasteiger partial charge in [-0.15, -0.1) is 0 Å². The molecule has 6 nitrogen and oxygen atoms in total. The maximum atomic E-state index is 11.9. The second kappa shape index (κ2) is 7.34. The maximum Gasteiger partial charge on any atom is 0.338 e. The van der Waals surface area contributed by atoms with E-state index >= 15 is 0 Å². The number of ether oxygens (including phenoxy) is 1. The number of halogens is 1. The first kappa shape index (κ1) is 17.1. The maximum absolute atomic E-state index is 11.9. The van der Waals surface area contributed by atoms with Gasteiger partial charge in [-0.25, -0.2) is 4.79 Å². The van der Waals surface area contributed by atoms with E-state index < -0.39 is 10.9 Å². The molecular formula is C16H14BrNO5. The number of benzene rings is 2. The van der Waals surface area contributed by atoms with Crippen LogP contribution in [0.15, 0.2) is 40.9 Å². The first-order valence-electron chi connectivity index (χ1n) is 6.70. The summed E-state index contributed by atoms with van der Waals surface area (Å²) in [6.07, 6.45) is 0.208. The third-order valence-electron chi connectivity index (χ3n) is 3.39. The van der Waals surface area contributed by atoms with Gasteiger partial charge in [-0.05, 0) is 23.3 Å². The number of hydrogen-bond donors (Lipinski definition) is 1. The second-order valence-corrected chi connectivity index (χ2v) is 5.76. The average molecular weight is 380 g/mol. The fraction of sp³-hybridized carbons (Fsp3) is 0.188. The predicted octanol–water partition coefficient (Wildman–Crippen LogP) is 3.23. The third kappa shape index (κ3) is 3.94. The minimum Gasteiger partial charge on any atom is -0.465 e. The summed E-state index contributed by atoms with van der Waals surface area (Å²) in [5, 5.41) is 20.3. The van der Waals surface area contributed by atoms with E-state index in [0.717, 1.165) is 0 Å². The van der Waals surface area contributed by atoms with E-state index in [4.69, 9.17) is 9.84 Å². The molecule has 0 aromatic heterocycles. The number of esters is 1. The highest BCUT2D eigenvalue weighted by molar-refractivity contribution is 9.10. The highest BCUT2D eigenvalue weighted by Gasteiger charge is 2.18. The minimum absolute atomic E-state index is 0.0877. The minimum atomic E-state index is -0.504. The molecule has 0 unspecified atom stereocenters. The van der Waals surface area contributed by atoms with Crippen LogP contribution in [0.25, 0.3) is 0 Å². The highest BCUT2D eigenvalue weighted by atomic mass is 79.9. The summed E-state index contributed by atoms with van der Waals surface area (Å²) in [5.74, 6) is -0.504. The van der Waals surface area contributed by atoms with Gasteiger partial charge >= 0.3 is 5.97 Å². The molecule has 0 atom stereocenters. The van der Waals surface area contributed by atoms with Gasteiger partial charge in [0.1, 0.15) is 0 Å². The van der Waals surface area contributed by atoms with Crippen molar-refractivity contribution in [1.82, 2.24) is 0 Å². The molecule has 0 aliphatic rings. The molecule has 0 radical (unpaired) electrons. The Bertz CT molecular complexity index is 760. The molecule has 2 aromatic rings. The number of nitrogens with zero attached hydrogens (tertiary/aromatic N) is 1. The number of aliphatic hydroxyl groups is 1. The van der Waals surface area contributed by atoms with Crippen LogP contribution in [0.1, 0.15) is 27.0 Å². The molecule has 0 aliphatic heterocycles. The Morgan fingerprint density at radius 3 is 2.57 bits per heavy atom. The van der Waals surface area contributed by atoms with Gasteiger partial charge < -0.3 is 9.84 Å². The van der Waals surface area contributed by atoms with Crippen LogP contribution in [-0.4, -0.2) is 23.1 Å². The van der Waals surface area contributed by atoms with E-state index in [1.54, 1.807) is 30.3 Å². The Morgan fingerprint density at radius 1 is 1.26 bits per heavy atom. The van der Waals surface area contributed by atoms with E-state index in [-0.39, 0.29) is 18.7 Å². The molecule has 0 saturated heterocycles. The molecule has 0 saturated carbocycles. The molecular weight excluding hydrogens is 366 g/mol. The van der Waals surface area contributed by atoms with Crippen molar-refractivity contribution >= 4 is 27.6 Å². The normalized spacial score (nSPS) is 10.4. The zero-order valence-electron chi connectivity index (χ0n) is 12.3. The van der Waals surface area contributed by atoms with E-state index in [2.05, 4.69) is 15.9 Å². The molecule has 2 rings (SSSR count). The van der Waals surface area contributed by atoms with E-state index in [9.17, 15) is 14.9 Å². The van der Waals surface area contributed by atoms with Crippen molar-refractivity contribution in [2.45, 2.75) is 13.0 Å². The molecule has 0 bridgehead atoms. The van der Waals surface area contributed by atoms with Crippen molar-refractivity contribution in [2.75, 3.05) is 7.11 Å². The summed E-state index contributed by atoms with van der Waals surface area (Å²) < 4.78 is 5.47. The fourth-order valence-corrected chi connectivity index (χ4v) is 2.60. The lowest BCUT2D eigenvalue weighted by Gasteiger charge is -2.10. The molecule has 2 aromatic carbocycles. The highest BCUT2D eigenvalue weighted by Crippen LogP contribution is 2.26. The van der Waals surface area contributed by atoms with Crippen molar-refractivity contribution in [2.24, 2.45) is 0 Å². The molecule has 0 aliphatic carbocycles. The monoisotopic (exact) mass is 379 g/mol. The number of nitro groups is 1. The smallest absolute Gasteiger partial charge is 0.338 e. The van der Waals surface area contributed by atoms with Crippen LogP contribution in [0.4, 0.5) is 5.69 Å². The van der Waals surface area contributed by atoms with Crippen LogP contribution in [-0.2, 0) is 17.8 Å². The Kier molecular flexibility index (Phi) is 5.46. The summed E-state index contributed by atoms with van der Waals surface area (Å²) in [6, 6.07) is 9.66. The Balaban J connectivity index is 2.47. The standard InChI is InChI=1S/C16H14BrNO5/c1-23-16(20)14-8-13(17)5-4-11(14)7-12-3-2-10(9-19)6-15(12)18(21)22/h2-6,8,19H,7,9H2,1H3. The SMILES string of the molecule is COC(=O)c1cc(Br)ccc1Cc1ccc(CO)cc1[N+](=O)[O-]. The summed E-state index contributed by atoms with van der Waals surface area (Å²) >= 11 is 3.29. The molecule has 120 valence electrons. The lowest BCUT2D eigenvalue weighted by Crippen LogP contribution is -2.07. The van der Waals surface area contributed by atoms with Crippen LogP contribution in [0.3, 0.4) is 0 Å². The Morgan fingerprint density at radius 2 is 1.96 bits per heavy atom. The van der Waals surface area contributed by atoms with E-state index in [1.165, 1.54) is 13.2 Å². The number of nitro benzene ring substituents is 1. The van der Waals surface area contributed by atoms with Gasteiger partial charge in [0.05, 0.1) is 24.2 Å². The summed E-state index contributed by atoms with van der Waals surface area (Å²) in [4.78, 5) is 22.6. The summed E-state index contributed by atoms with van der Waals surface area (Å²) in [5.41, 5.74) is 1.81. The third-order valence-corrected chi connectivity index (χ3v) is 3.88. The molecule has 0 fully saturated rings. The number of aliphatic hydroxyl groups excluding tert-OH is 1. The van der Waals surface area contributed by atoms with Crippen LogP contribution >= 0.6 is 15.9 Å². The van der Waals surface area contributed by atoms with Gasteiger partial charge in [0.15, 0.2) is 0 Å². The van der Waals surface area contributed by atoms with Crippen LogP contribution < -0.4 is 0 Å². The van der Waals surface area contributed by atoms with Crippen LogP contribution in [0.5, 0.6) is 0 Å². The van der Waals surface area contributed by atoms with Gasteiger partial charge in [-0.1, -0.05) is 34.1 Å². The topological polar surface area (TPSA) is 89.7 Å². The van der Waals surface area contributed by atoms with Gasteiger partial charge in [-0.3, -0.25) is 10.1 Å². The van der Waals surface area contributed by atoms with Gasteiger partial charge in [0.25, 0.3) is 5.69 Å². The first-order chi connectivity index (χ1) is 11.0. The number of rotatable bonds is 5. The molecule has 0 amide bonds. The first-order valence-corrected chi connectivity index (χ1v) is 7.49. The number of carbonyl (C=O) groups excluding carboxylic acids is 1. The van der Waals surface area contributed by atoms with Crippen molar-refractivity contribution in [1.29, 1.82) is 0 Å². The van der Waals surface area contributed by atoms with Crippen LogP contribution in [0.2, 0.25) is 0 Å². The van der Waals surface area contributed by atoms with Gasteiger partial charge in [0, 0.05) is 22.5 Å². The lowest BCUT2D eigenvalue weighted by molar-refractivity contribution is -0.385. The van der Waals surface area contributed by atoms with Gasteiger partial charge in [0.2, 0.25) is 0 Å². The van der Waals surface area contributed by atoms with Crippen LogP contribution in [0, 0.1) is 10.1 Å². The number of methoxy groups -OCH3 is 1. The molecule has 23 heavy (non-hydrogen) atoms. The largest absolute Gasteiger partial charge is 0.465 e. The Hall–Kier alpha value is -2.25. The van der Waals surface area contributed by atoms with Crippen molar-refractivity contribution in [3.05, 3.63) is 73.2 Å². The lowest BCUT2D eigenvalue weighted by atomic mass is 9.97. The molecule has 1 N–H and O–H groups in total. The number of carbonyl (C=O) groups is 1. The number of hydrogen-bond acceptors (Lipinski definition) is 5. The summed E-state index contributed by atoms with van der Waals surface area (Å²) in [6.45, 7) is -0.271. The molecule has 0 spiro atoms. The summed E-state index contributed by atoms with van der Waals surface area (Å²) in [7, 11) is 1.28. The molecule has 7 heteroatoms. The van der Waals surface area contributed by atoms with Crippen molar-refractivity contribution < 1.29 is 19.6 Å². The predicted molar refractivity (Wildman–Crippen MR) is 87.3 cm³/mol. The van der Waals surface area contributed by atoms with Gasteiger partial charge in [-0.2, -0.15) is 0 Å². The average Bonchev–Trinajstić information content (AvgIpc) is 2.55. The van der Waals surface area contributed by atoms with Crippen molar-refractivity contribution in [3.63, 3.8) is 0 Å². The van der Waals surface area contributed by atoms with Crippen molar-refractivity contribution in [3.8, 4) is 0 Å². The fourth-order valence-electron chi connectivity index (χ4n) is 2.24. The van der Waals surface area contributed by atoms with E-state index in [0.29, 0.717) is 26.7 Å².